The second kappa shape index (κ2) is 7.72. The SMILES string of the molecule is CCc1c(C(=O)NCc2ccccc2CO)cnn1-c1ccccn1. The van der Waals surface area contributed by atoms with E-state index in [-0.39, 0.29) is 12.5 Å². The van der Waals surface area contributed by atoms with Crippen LogP contribution in [0.3, 0.4) is 0 Å². The van der Waals surface area contributed by atoms with E-state index in [0.29, 0.717) is 24.3 Å². The first-order valence-corrected chi connectivity index (χ1v) is 8.18. The molecular weight excluding hydrogens is 316 g/mol. The molecule has 3 rings (SSSR count). The summed E-state index contributed by atoms with van der Waals surface area (Å²) >= 11 is 0. The van der Waals surface area contributed by atoms with Crippen LogP contribution in [-0.4, -0.2) is 25.8 Å². The van der Waals surface area contributed by atoms with Gasteiger partial charge in [-0.05, 0) is 29.7 Å². The molecule has 0 saturated carbocycles. The van der Waals surface area contributed by atoms with Crippen LogP contribution in [0.5, 0.6) is 0 Å². The van der Waals surface area contributed by atoms with E-state index >= 15 is 0 Å². The lowest BCUT2D eigenvalue weighted by Gasteiger charge is -2.10. The van der Waals surface area contributed by atoms with Crippen molar-refractivity contribution in [3.8, 4) is 5.82 Å². The maximum atomic E-state index is 12.6. The molecule has 0 radical (unpaired) electrons. The average Bonchev–Trinajstić information content (AvgIpc) is 3.11. The van der Waals surface area contributed by atoms with Crippen LogP contribution in [0.4, 0.5) is 0 Å². The predicted octanol–water partition coefficient (Wildman–Crippen LogP) is 2.25. The first-order chi connectivity index (χ1) is 12.2. The van der Waals surface area contributed by atoms with Gasteiger partial charge < -0.3 is 10.4 Å². The van der Waals surface area contributed by atoms with Crippen molar-refractivity contribution in [2.45, 2.75) is 26.5 Å². The molecular formula is C19H20N4O2. The second-order valence-electron chi connectivity index (χ2n) is 5.57. The fourth-order valence-electron chi connectivity index (χ4n) is 2.74. The molecule has 0 bridgehead atoms. The molecule has 6 heteroatoms. The van der Waals surface area contributed by atoms with Gasteiger partial charge in [0.2, 0.25) is 0 Å². The summed E-state index contributed by atoms with van der Waals surface area (Å²) in [5.41, 5.74) is 3.05. The molecule has 3 aromatic rings. The number of pyridine rings is 1. The number of amides is 1. The van der Waals surface area contributed by atoms with E-state index in [2.05, 4.69) is 15.4 Å². The molecule has 6 nitrogen and oxygen atoms in total. The summed E-state index contributed by atoms with van der Waals surface area (Å²) in [6.07, 6.45) is 3.93. The molecule has 1 amide bonds. The molecule has 0 aliphatic carbocycles. The first-order valence-electron chi connectivity index (χ1n) is 8.18. The van der Waals surface area contributed by atoms with Crippen molar-refractivity contribution >= 4 is 5.91 Å². The highest BCUT2D eigenvalue weighted by Gasteiger charge is 2.17. The molecule has 1 aromatic carbocycles. The number of aliphatic hydroxyl groups excluding tert-OH is 1. The van der Waals surface area contributed by atoms with Gasteiger partial charge in [0.15, 0.2) is 5.82 Å². The highest BCUT2D eigenvalue weighted by Crippen LogP contribution is 2.15. The number of hydrogen-bond donors (Lipinski definition) is 2. The number of carbonyl (C=O) groups is 1. The number of hydrogen-bond acceptors (Lipinski definition) is 4. The summed E-state index contributed by atoms with van der Waals surface area (Å²) in [5.74, 6) is 0.496. The zero-order valence-corrected chi connectivity index (χ0v) is 14.0. The van der Waals surface area contributed by atoms with Crippen molar-refractivity contribution in [2.75, 3.05) is 0 Å². The zero-order chi connectivity index (χ0) is 17.6. The van der Waals surface area contributed by atoms with E-state index < -0.39 is 0 Å². The van der Waals surface area contributed by atoms with E-state index in [1.165, 1.54) is 0 Å². The van der Waals surface area contributed by atoms with Crippen LogP contribution in [0, 0.1) is 0 Å². The lowest BCUT2D eigenvalue weighted by atomic mass is 10.1. The van der Waals surface area contributed by atoms with Crippen molar-refractivity contribution in [3.63, 3.8) is 0 Å². The number of aromatic nitrogens is 3. The Morgan fingerprint density at radius 1 is 1.16 bits per heavy atom. The molecule has 2 aromatic heterocycles. The van der Waals surface area contributed by atoms with Crippen LogP contribution in [0.15, 0.2) is 54.9 Å². The maximum Gasteiger partial charge on any atom is 0.255 e. The fraction of sp³-hybridized carbons (Fsp3) is 0.211. The predicted molar refractivity (Wildman–Crippen MR) is 94.3 cm³/mol. The summed E-state index contributed by atoms with van der Waals surface area (Å²) in [6.45, 7) is 2.28. The van der Waals surface area contributed by atoms with Crippen molar-refractivity contribution in [1.82, 2.24) is 20.1 Å². The zero-order valence-electron chi connectivity index (χ0n) is 14.0. The van der Waals surface area contributed by atoms with Gasteiger partial charge >= 0.3 is 0 Å². The lowest BCUT2D eigenvalue weighted by molar-refractivity contribution is 0.0949. The molecule has 0 unspecified atom stereocenters. The van der Waals surface area contributed by atoms with Gasteiger partial charge in [-0.25, -0.2) is 9.67 Å². The molecule has 0 saturated heterocycles. The van der Waals surface area contributed by atoms with Crippen molar-refractivity contribution < 1.29 is 9.90 Å². The Labute approximate surface area is 146 Å². The summed E-state index contributed by atoms with van der Waals surface area (Å²) in [5, 5.41) is 16.6. The minimum Gasteiger partial charge on any atom is -0.392 e. The van der Waals surface area contributed by atoms with Crippen molar-refractivity contribution in [2.24, 2.45) is 0 Å². The topological polar surface area (TPSA) is 80.0 Å². The third-order valence-corrected chi connectivity index (χ3v) is 4.04. The van der Waals surface area contributed by atoms with E-state index in [4.69, 9.17) is 0 Å². The molecule has 128 valence electrons. The van der Waals surface area contributed by atoms with Gasteiger partial charge in [0, 0.05) is 12.7 Å². The minimum absolute atomic E-state index is 0.0517. The van der Waals surface area contributed by atoms with Gasteiger partial charge in [0.05, 0.1) is 24.1 Å². The third-order valence-electron chi connectivity index (χ3n) is 4.04. The molecule has 0 aliphatic rings. The van der Waals surface area contributed by atoms with Gasteiger partial charge in [-0.15, -0.1) is 0 Å². The van der Waals surface area contributed by atoms with Gasteiger partial charge in [0.25, 0.3) is 5.91 Å². The normalized spacial score (nSPS) is 10.6. The van der Waals surface area contributed by atoms with Crippen LogP contribution < -0.4 is 5.32 Å². The van der Waals surface area contributed by atoms with Crippen LogP contribution in [-0.2, 0) is 19.6 Å². The van der Waals surface area contributed by atoms with Gasteiger partial charge in [0.1, 0.15) is 0 Å². The number of nitrogens with zero attached hydrogens (tertiary/aromatic N) is 3. The Bertz CT molecular complexity index is 859. The number of benzene rings is 1. The molecule has 25 heavy (non-hydrogen) atoms. The average molecular weight is 336 g/mol. The highest BCUT2D eigenvalue weighted by molar-refractivity contribution is 5.95. The van der Waals surface area contributed by atoms with Crippen LogP contribution in [0.2, 0.25) is 0 Å². The van der Waals surface area contributed by atoms with Gasteiger partial charge in [-0.2, -0.15) is 5.10 Å². The van der Waals surface area contributed by atoms with Gasteiger partial charge in [-0.1, -0.05) is 37.3 Å². The Hall–Kier alpha value is -2.99. The van der Waals surface area contributed by atoms with E-state index in [1.807, 2.05) is 49.4 Å². The highest BCUT2D eigenvalue weighted by atomic mass is 16.3. The molecule has 2 heterocycles. The Morgan fingerprint density at radius 2 is 1.92 bits per heavy atom. The monoisotopic (exact) mass is 336 g/mol. The van der Waals surface area contributed by atoms with Crippen molar-refractivity contribution in [1.29, 1.82) is 0 Å². The summed E-state index contributed by atoms with van der Waals surface area (Å²) < 4.78 is 1.69. The number of carbonyl (C=O) groups excluding carboxylic acids is 1. The molecule has 0 fully saturated rings. The lowest BCUT2D eigenvalue weighted by Crippen LogP contribution is -2.24. The minimum atomic E-state index is -0.188. The van der Waals surface area contributed by atoms with Crippen LogP contribution in [0.1, 0.15) is 34.1 Å². The van der Waals surface area contributed by atoms with Crippen LogP contribution >= 0.6 is 0 Å². The number of aliphatic hydroxyl groups is 1. The quantitative estimate of drug-likeness (QED) is 0.723. The Kier molecular flexibility index (Phi) is 5.20. The molecule has 0 atom stereocenters. The van der Waals surface area contributed by atoms with E-state index in [1.54, 1.807) is 17.1 Å². The summed E-state index contributed by atoms with van der Waals surface area (Å²) in [4.78, 5) is 16.9. The maximum absolute atomic E-state index is 12.6. The van der Waals surface area contributed by atoms with Crippen LogP contribution in [0.25, 0.3) is 5.82 Å². The van der Waals surface area contributed by atoms with Crippen molar-refractivity contribution in [3.05, 3.63) is 77.2 Å². The largest absolute Gasteiger partial charge is 0.392 e. The molecule has 0 aliphatic heterocycles. The fourth-order valence-corrected chi connectivity index (χ4v) is 2.74. The first kappa shape index (κ1) is 16.9. The third kappa shape index (κ3) is 3.59. The Morgan fingerprint density at radius 3 is 2.60 bits per heavy atom. The number of rotatable bonds is 6. The molecule has 2 N–H and O–H groups in total. The Balaban J connectivity index is 1.80. The second-order valence-corrected chi connectivity index (χ2v) is 5.57. The van der Waals surface area contributed by atoms with E-state index in [0.717, 1.165) is 16.8 Å². The standard InChI is InChI=1S/C19H20N4O2/c1-2-17-16(12-22-23(17)18-9-5-6-10-20-18)19(25)21-11-14-7-3-4-8-15(14)13-24/h3-10,12,24H,2,11,13H2,1H3,(H,21,25). The number of nitrogens with one attached hydrogen (secondary N) is 1. The van der Waals surface area contributed by atoms with E-state index in [9.17, 15) is 9.90 Å². The summed E-state index contributed by atoms with van der Waals surface area (Å²) in [6, 6.07) is 13.1. The van der Waals surface area contributed by atoms with Gasteiger partial charge in [-0.3, -0.25) is 4.79 Å². The smallest absolute Gasteiger partial charge is 0.255 e. The summed E-state index contributed by atoms with van der Waals surface area (Å²) in [7, 11) is 0. The molecule has 0 spiro atoms.